The van der Waals surface area contributed by atoms with E-state index >= 15 is 0 Å². The van der Waals surface area contributed by atoms with Crippen molar-refractivity contribution in [3.05, 3.63) is 34.4 Å². The summed E-state index contributed by atoms with van der Waals surface area (Å²) in [7, 11) is 0. The molecule has 0 bridgehead atoms. The van der Waals surface area contributed by atoms with Crippen molar-refractivity contribution in [2.75, 3.05) is 6.61 Å². The molecule has 0 radical (unpaired) electrons. The normalized spacial score (nSPS) is 12.8. The minimum atomic E-state index is -1.42. The number of hydrogen-bond donors (Lipinski definition) is 2. The number of amides is 1. The van der Waals surface area contributed by atoms with E-state index in [1.54, 1.807) is 0 Å². The van der Waals surface area contributed by atoms with Crippen LogP contribution in [-0.4, -0.2) is 40.8 Å². The van der Waals surface area contributed by atoms with Gasteiger partial charge in [-0.15, -0.1) is 0 Å². The molecule has 0 heterocycles. The Bertz CT molecular complexity index is 591. The van der Waals surface area contributed by atoms with Crippen LogP contribution in [0.2, 0.25) is 0 Å². The summed E-state index contributed by atoms with van der Waals surface area (Å²) in [5.74, 6) is -1.42. The Morgan fingerprint density at radius 2 is 2.04 bits per heavy atom. The van der Waals surface area contributed by atoms with E-state index in [1.807, 2.05) is 6.92 Å². The summed E-state index contributed by atoms with van der Waals surface area (Å²) in [6.07, 6.45) is -0.448. The molecule has 2 unspecified atom stereocenters. The van der Waals surface area contributed by atoms with Crippen LogP contribution in [0.25, 0.3) is 0 Å². The fraction of sp³-hybridized carbons (Fsp3) is 0.467. The summed E-state index contributed by atoms with van der Waals surface area (Å²) in [6, 6.07) is 4.17. The summed E-state index contributed by atoms with van der Waals surface area (Å²) in [6.45, 7) is 3.49. The van der Waals surface area contributed by atoms with Gasteiger partial charge < -0.3 is 19.9 Å². The number of unbranched alkanes of at least 4 members (excludes halogenated alkanes) is 1. The van der Waals surface area contributed by atoms with Gasteiger partial charge in [-0.3, -0.25) is 10.1 Å². The monoisotopic (exact) mass is 340 g/mol. The van der Waals surface area contributed by atoms with Crippen LogP contribution in [-0.2, 0) is 9.53 Å². The van der Waals surface area contributed by atoms with Gasteiger partial charge in [-0.1, -0.05) is 25.5 Å². The molecule has 132 valence electrons. The second-order valence-electron chi connectivity index (χ2n) is 5.00. The number of para-hydroxylation sites is 2. The van der Waals surface area contributed by atoms with Gasteiger partial charge in [0.15, 0.2) is 11.8 Å². The molecule has 1 rings (SSSR count). The Balaban J connectivity index is 2.77. The zero-order chi connectivity index (χ0) is 18.1. The highest BCUT2D eigenvalue weighted by molar-refractivity contribution is 5.80. The lowest BCUT2D eigenvalue weighted by Crippen LogP contribution is -2.50. The summed E-state index contributed by atoms with van der Waals surface area (Å²) in [5.41, 5.74) is -0.293. The zero-order valence-electron chi connectivity index (χ0n) is 13.4. The van der Waals surface area contributed by atoms with Gasteiger partial charge in [0.2, 0.25) is 0 Å². The maximum Gasteiger partial charge on any atom is 0.407 e. The molecule has 9 nitrogen and oxygen atoms in total. The first-order chi connectivity index (χ1) is 11.4. The van der Waals surface area contributed by atoms with Crippen molar-refractivity contribution >= 4 is 17.7 Å². The molecular formula is C15H20N2O7. The van der Waals surface area contributed by atoms with Crippen LogP contribution in [0.15, 0.2) is 24.3 Å². The van der Waals surface area contributed by atoms with Gasteiger partial charge >= 0.3 is 17.7 Å². The number of nitrogens with one attached hydrogen (secondary N) is 1. The third kappa shape index (κ3) is 5.75. The number of nitrogens with zero attached hydrogens (tertiary/aromatic N) is 1. The Morgan fingerprint density at radius 3 is 2.62 bits per heavy atom. The van der Waals surface area contributed by atoms with Crippen LogP contribution < -0.4 is 10.1 Å². The molecule has 0 saturated heterocycles. The first-order valence-corrected chi connectivity index (χ1v) is 7.43. The molecule has 2 N–H and O–H groups in total. The number of ether oxygens (including phenoxy) is 2. The van der Waals surface area contributed by atoms with Crippen LogP contribution in [0.5, 0.6) is 5.75 Å². The van der Waals surface area contributed by atoms with Gasteiger partial charge in [0.25, 0.3) is 0 Å². The lowest BCUT2D eigenvalue weighted by Gasteiger charge is -2.22. The van der Waals surface area contributed by atoms with Crippen LogP contribution in [0.4, 0.5) is 10.5 Å². The van der Waals surface area contributed by atoms with Gasteiger partial charge in [0, 0.05) is 6.07 Å². The standard InChI is InChI=1S/C15H20N2O7/c1-3-4-9-23-15(20)16-13(14(18)19)10(2)24-12-8-6-5-7-11(12)17(21)22/h5-8,10,13H,3-4,9H2,1-2H3,(H,16,20)(H,18,19). The lowest BCUT2D eigenvalue weighted by atomic mass is 10.2. The highest BCUT2D eigenvalue weighted by atomic mass is 16.6. The first kappa shape index (κ1) is 19.2. The van der Waals surface area contributed by atoms with Gasteiger partial charge in [-0.2, -0.15) is 0 Å². The lowest BCUT2D eigenvalue weighted by molar-refractivity contribution is -0.386. The number of aliphatic carboxylic acids is 1. The Hall–Kier alpha value is -2.84. The largest absolute Gasteiger partial charge is 0.481 e. The number of benzene rings is 1. The van der Waals surface area contributed by atoms with Crippen LogP contribution in [0.1, 0.15) is 26.7 Å². The second kappa shape index (κ2) is 9.33. The average molecular weight is 340 g/mol. The van der Waals surface area contributed by atoms with Crippen molar-refractivity contribution in [2.45, 2.75) is 38.8 Å². The van der Waals surface area contributed by atoms with E-state index in [9.17, 15) is 24.8 Å². The smallest absolute Gasteiger partial charge is 0.407 e. The van der Waals surface area contributed by atoms with Crippen molar-refractivity contribution in [3.8, 4) is 5.75 Å². The van der Waals surface area contributed by atoms with E-state index in [0.29, 0.717) is 6.42 Å². The Kier molecular flexibility index (Phi) is 7.47. The molecule has 1 aromatic rings. The number of carbonyl (C=O) groups excluding carboxylic acids is 1. The molecule has 0 aliphatic carbocycles. The molecule has 1 amide bonds. The maximum absolute atomic E-state index is 11.6. The van der Waals surface area contributed by atoms with Gasteiger partial charge in [-0.25, -0.2) is 9.59 Å². The fourth-order valence-electron chi connectivity index (χ4n) is 1.83. The average Bonchev–Trinajstić information content (AvgIpc) is 2.52. The minimum absolute atomic E-state index is 0.0811. The molecule has 2 atom stereocenters. The highest BCUT2D eigenvalue weighted by Crippen LogP contribution is 2.27. The molecule has 0 fully saturated rings. The number of carboxylic acids is 1. The summed E-state index contributed by atoms with van der Waals surface area (Å²) < 4.78 is 10.2. The number of carbonyl (C=O) groups is 2. The summed E-state index contributed by atoms with van der Waals surface area (Å²) in [4.78, 5) is 33.3. The molecule has 0 saturated carbocycles. The molecule has 9 heteroatoms. The second-order valence-corrected chi connectivity index (χ2v) is 5.00. The maximum atomic E-state index is 11.6. The van der Waals surface area contributed by atoms with E-state index < -0.39 is 29.1 Å². The van der Waals surface area contributed by atoms with Crippen molar-refractivity contribution < 1.29 is 29.1 Å². The summed E-state index contributed by atoms with van der Waals surface area (Å²) >= 11 is 0. The number of carboxylic acid groups (broad SMARTS) is 1. The van der Waals surface area contributed by atoms with Crippen molar-refractivity contribution in [3.63, 3.8) is 0 Å². The van der Waals surface area contributed by atoms with E-state index in [1.165, 1.54) is 31.2 Å². The fourth-order valence-corrected chi connectivity index (χ4v) is 1.83. The predicted octanol–water partition coefficient (Wildman–Crippen LogP) is 2.34. The van der Waals surface area contributed by atoms with Crippen molar-refractivity contribution in [1.82, 2.24) is 5.32 Å². The summed E-state index contributed by atoms with van der Waals surface area (Å²) in [5, 5.41) is 22.4. The molecule has 0 aliphatic heterocycles. The van der Waals surface area contributed by atoms with Gasteiger partial charge in [0.1, 0.15) is 6.10 Å². The zero-order valence-corrected chi connectivity index (χ0v) is 13.4. The third-order valence-electron chi connectivity index (χ3n) is 3.11. The quantitative estimate of drug-likeness (QED) is 0.401. The minimum Gasteiger partial charge on any atom is -0.481 e. The number of nitro benzene ring substituents is 1. The van der Waals surface area contributed by atoms with Crippen LogP contribution in [0.3, 0.4) is 0 Å². The number of nitro groups is 1. The SMILES string of the molecule is CCCCOC(=O)NC(C(=O)O)C(C)Oc1ccccc1[N+](=O)[O-]. The van der Waals surface area contributed by atoms with Crippen molar-refractivity contribution in [1.29, 1.82) is 0 Å². The predicted molar refractivity (Wildman–Crippen MR) is 84.0 cm³/mol. The molecular weight excluding hydrogens is 320 g/mol. The van der Waals surface area contributed by atoms with E-state index in [0.717, 1.165) is 6.42 Å². The van der Waals surface area contributed by atoms with Crippen molar-refractivity contribution in [2.24, 2.45) is 0 Å². The topological polar surface area (TPSA) is 128 Å². The van der Waals surface area contributed by atoms with Crippen LogP contribution in [0, 0.1) is 10.1 Å². The van der Waals surface area contributed by atoms with Crippen LogP contribution >= 0.6 is 0 Å². The Labute approximate surface area is 138 Å². The third-order valence-corrected chi connectivity index (χ3v) is 3.11. The number of alkyl carbamates (subject to hydrolysis) is 1. The molecule has 0 aliphatic rings. The number of hydrogen-bond acceptors (Lipinski definition) is 6. The van der Waals surface area contributed by atoms with Gasteiger partial charge in [-0.05, 0) is 19.4 Å². The number of rotatable bonds is 9. The molecule has 0 aromatic heterocycles. The first-order valence-electron chi connectivity index (χ1n) is 7.43. The highest BCUT2D eigenvalue weighted by Gasteiger charge is 2.30. The van der Waals surface area contributed by atoms with Gasteiger partial charge in [0.05, 0.1) is 11.5 Å². The molecule has 0 spiro atoms. The van der Waals surface area contributed by atoms with E-state index in [-0.39, 0.29) is 18.0 Å². The molecule has 1 aromatic carbocycles. The van der Waals surface area contributed by atoms with E-state index in [4.69, 9.17) is 9.47 Å². The molecule has 24 heavy (non-hydrogen) atoms. The van der Waals surface area contributed by atoms with E-state index in [2.05, 4.69) is 5.32 Å². The Morgan fingerprint density at radius 1 is 1.38 bits per heavy atom.